The van der Waals surface area contributed by atoms with Crippen molar-refractivity contribution in [3.8, 4) is 17.2 Å². The Morgan fingerprint density at radius 1 is 1.23 bits per heavy atom. The van der Waals surface area contributed by atoms with E-state index >= 15 is 0 Å². The van der Waals surface area contributed by atoms with Gasteiger partial charge in [-0.2, -0.15) is 10.2 Å². The first kappa shape index (κ1) is 22.5. The van der Waals surface area contributed by atoms with Gasteiger partial charge in [0.1, 0.15) is 6.34 Å². The van der Waals surface area contributed by atoms with Gasteiger partial charge in [-0.1, -0.05) is 0 Å². The fourth-order valence-corrected chi connectivity index (χ4v) is 4.28. The van der Waals surface area contributed by atoms with E-state index in [0.29, 0.717) is 23.7 Å². The maximum Gasteiger partial charge on any atom is 0.303 e. The molecule has 1 aromatic rings. The largest absolute Gasteiger partial charge is 0.492 e. The van der Waals surface area contributed by atoms with Crippen molar-refractivity contribution in [2.45, 2.75) is 58.0 Å². The van der Waals surface area contributed by atoms with Crippen molar-refractivity contribution >= 4 is 23.6 Å². The zero-order valence-corrected chi connectivity index (χ0v) is 18.2. The Kier molecular flexibility index (Phi) is 7.38. The smallest absolute Gasteiger partial charge is 0.303 e. The first-order valence-electron chi connectivity index (χ1n) is 10.4. The normalized spacial score (nSPS) is 17.8. The van der Waals surface area contributed by atoms with Crippen LogP contribution in [0.25, 0.3) is 5.57 Å². The highest BCUT2D eigenvalue weighted by atomic mass is 16.5. The van der Waals surface area contributed by atoms with Crippen molar-refractivity contribution in [3.05, 3.63) is 22.8 Å². The lowest BCUT2D eigenvalue weighted by Gasteiger charge is -2.22. The summed E-state index contributed by atoms with van der Waals surface area (Å²) in [5, 5.41) is 16.9. The van der Waals surface area contributed by atoms with Gasteiger partial charge in [-0.3, -0.25) is 10.2 Å². The highest BCUT2D eigenvalue weighted by Gasteiger charge is 2.31. The number of allylic oxidation sites excluding steroid dienone is 2. The molecule has 0 saturated carbocycles. The zero-order chi connectivity index (χ0) is 22.4. The lowest BCUT2D eigenvalue weighted by Crippen LogP contribution is -2.15. The van der Waals surface area contributed by atoms with E-state index in [1.165, 1.54) is 17.5 Å². The summed E-state index contributed by atoms with van der Waals surface area (Å²) in [6, 6.07) is 1.99. The molecule has 2 aliphatic carbocycles. The second-order valence-electron chi connectivity index (χ2n) is 7.61. The van der Waals surface area contributed by atoms with Crippen LogP contribution in [0, 0.1) is 0 Å². The number of carboxylic acid groups (broad SMARTS) is 1. The highest BCUT2D eigenvalue weighted by Crippen LogP contribution is 2.50. The summed E-state index contributed by atoms with van der Waals surface area (Å²) in [5.41, 5.74) is 8.38. The maximum absolute atomic E-state index is 10.9. The van der Waals surface area contributed by atoms with E-state index in [9.17, 15) is 4.79 Å². The number of rotatable bonds is 9. The Balaban J connectivity index is 2.04. The molecule has 3 rings (SSSR count). The number of hydrogen-bond acceptors (Lipinski definition) is 7. The summed E-state index contributed by atoms with van der Waals surface area (Å²) in [6.07, 6.45) is 5.95. The second kappa shape index (κ2) is 10.2. The molecule has 2 aliphatic rings. The number of aliphatic carboxylic acids is 1. The number of hydrogen-bond donors (Lipinski definition) is 3. The van der Waals surface area contributed by atoms with Gasteiger partial charge in [0.15, 0.2) is 11.5 Å². The zero-order valence-electron chi connectivity index (χ0n) is 18.2. The van der Waals surface area contributed by atoms with Gasteiger partial charge in [-0.25, -0.2) is 0 Å². The minimum Gasteiger partial charge on any atom is -0.492 e. The minimum absolute atomic E-state index is 0.0424. The lowest BCUT2D eigenvalue weighted by molar-refractivity contribution is -0.137. The molecular weight excluding hydrogens is 400 g/mol. The molecule has 0 saturated heterocycles. The van der Waals surface area contributed by atoms with Crippen molar-refractivity contribution in [1.82, 2.24) is 5.43 Å². The van der Waals surface area contributed by atoms with Gasteiger partial charge in [-0.15, -0.1) is 0 Å². The van der Waals surface area contributed by atoms with Crippen LogP contribution in [0.3, 0.4) is 0 Å². The average Bonchev–Trinajstić information content (AvgIpc) is 3.18. The molecule has 0 fully saturated rings. The van der Waals surface area contributed by atoms with Crippen molar-refractivity contribution in [2.75, 3.05) is 14.2 Å². The topological polar surface area (TPSA) is 128 Å². The number of benzene rings is 1. The Hall–Kier alpha value is -3.23. The fourth-order valence-electron chi connectivity index (χ4n) is 4.28. The van der Waals surface area contributed by atoms with E-state index in [4.69, 9.17) is 25.2 Å². The molecule has 0 radical (unpaired) electrons. The number of carbonyl (C=O) groups is 1. The Morgan fingerprint density at radius 2 is 1.97 bits per heavy atom. The molecule has 0 aromatic heterocycles. The van der Waals surface area contributed by atoms with Crippen molar-refractivity contribution in [3.63, 3.8) is 0 Å². The standard InChI is InChI=1S/C22H30N4O5/c1-13(7-10-19(27)28)31-18-11-14-8-9-17(26-25-12-24-23)15-5-4-6-16(15)20(14)22(30-3)21(18)29-2/h11-13H,4-10,23H2,1-3H3,(H,24,25)(H,27,28). The van der Waals surface area contributed by atoms with Gasteiger partial charge in [0.25, 0.3) is 0 Å². The Morgan fingerprint density at radius 3 is 2.65 bits per heavy atom. The highest BCUT2D eigenvalue weighted by molar-refractivity contribution is 6.09. The molecule has 1 unspecified atom stereocenters. The lowest BCUT2D eigenvalue weighted by atomic mass is 9.95. The summed E-state index contributed by atoms with van der Waals surface area (Å²) in [6.45, 7) is 1.85. The van der Waals surface area contributed by atoms with Crippen molar-refractivity contribution in [2.24, 2.45) is 16.0 Å². The molecule has 0 aliphatic heterocycles. The predicted octanol–water partition coefficient (Wildman–Crippen LogP) is 3.07. The van der Waals surface area contributed by atoms with Crippen LogP contribution in [0.5, 0.6) is 17.2 Å². The van der Waals surface area contributed by atoms with Crippen LogP contribution in [0.1, 0.15) is 56.6 Å². The number of nitrogens with two attached hydrogens (primary N) is 1. The Bertz CT molecular complexity index is 923. The molecule has 1 aromatic carbocycles. The van der Waals surface area contributed by atoms with E-state index in [2.05, 4.69) is 15.6 Å². The number of aryl methyl sites for hydroxylation is 1. The average molecular weight is 431 g/mol. The van der Waals surface area contributed by atoms with E-state index in [1.54, 1.807) is 14.2 Å². The van der Waals surface area contributed by atoms with Crippen molar-refractivity contribution in [1.29, 1.82) is 0 Å². The SMILES string of the molecule is COc1c(OC(C)CCC(=O)O)cc2c(c1OC)C1=C(CCC1)C(=NNC=NN)CC2. The van der Waals surface area contributed by atoms with Gasteiger partial charge in [0.05, 0.1) is 26.0 Å². The molecule has 4 N–H and O–H groups in total. The number of nitrogens with one attached hydrogen (secondary N) is 1. The third-order valence-electron chi connectivity index (χ3n) is 5.62. The number of nitrogens with zero attached hydrogens (tertiary/aromatic N) is 2. The summed E-state index contributed by atoms with van der Waals surface area (Å²) >= 11 is 0. The number of carboxylic acids is 1. The van der Waals surface area contributed by atoms with E-state index in [-0.39, 0.29) is 12.5 Å². The maximum atomic E-state index is 10.9. The van der Waals surface area contributed by atoms with Crippen LogP contribution in [0.4, 0.5) is 0 Å². The first-order valence-corrected chi connectivity index (χ1v) is 10.4. The van der Waals surface area contributed by atoms with Gasteiger partial charge < -0.3 is 25.2 Å². The monoisotopic (exact) mass is 430 g/mol. The quantitative estimate of drug-likeness (QED) is 0.238. The minimum atomic E-state index is -0.845. The molecule has 0 amide bonds. The van der Waals surface area contributed by atoms with Crippen LogP contribution in [-0.2, 0) is 11.2 Å². The van der Waals surface area contributed by atoms with Crippen molar-refractivity contribution < 1.29 is 24.1 Å². The molecule has 1 atom stereocenters. The molecule has 168 valence electrons. The molecule has 31 heavy (non-hydrogen) atoms. The molecule has 9 nitrogen and oxygen atoms in total. The summed E-state index contributed by atoms with van der Waals surface area (Å²) in [7, 11) is 3.22. The third-order valence-corrected chi connectivity index (χ3v) is 5.62. The molecule has 9 heteroatoms. The van der Waals surface area contributed by atoms with E-state index < -0.39 is 5.97 Å². The van der Waals surface area contributed by atoms with E-state index in [0.717, 1.165) is 48.9 Å². The van der Waals surface area contributed by atoms with Crippen LogP contribution < -0.4 is 25.5 Å². The number of ether oxygens (including phenoxy) is 3. The number of fused-ring (bicyclic) bond motifs is 2. The molecule has 0 heterocycles. The van der Waals surface area contributed by atoms with Crippen LogP contribution in [0.15, 0.2) is 21.8 Å². The number of hydrazone groups is 2. The van der Waals surface area contributed by atoms with E-state index in [1.807, 2.05) is 13.0 Å². The molecule has 0 bridgehead atoms. The molecule has 0 spiro atoms. The first-order chi connectivity index (χ1) is 15.0. The fraction of sp³-hybridized carbons (Fsp3) is 0.500. The van der Waals surface area contributed by atoms with Gasteiger partial charge in [-0.05, 0) is 68.2 Å². The number of methoxy groups -OCH3 is 2. The van der Waals surface area contributed by atoms with Crippen LogP contribution in [-0.4, -0.2) is 43.4 Å². The third kappa shape index (κ3) is 4.92. The predicted molar refractivity (Wildman–Crippen MR) is 119 cm³/mol. The van der Waals surface area contributed by atoms with Crippen LogP contribution in [0.2, 0.25) is 0 Å². The van der Waals surface area contributed by atoms with Gasteiger partial charge in [0, 0.05) is 12.0 Å². The molecular formula is C22H30N4O5. The summed E-state index contributed by atoms with van der Waals surface area (Å²) in [5.74, 6) is 6.05. The summed E-state index contributed by atoms with van der Waals surface area (Å²) < 4.78 is 17.6. The van der Waals surface area contributed by atoms with Gasteiger partial charge >= 0.3 is 5.97 Å². The Labute approximate surface area is 181 Å². The summed E-state index contributed by atoms with van der Waals surface area (Å²) in [4.78, 5) is 10.9. The second-order valence-corrected chi connectivity index (χ2v) is 7.61. The van der Waals surface area contributed by atoms with Gasteiger partial charge in [0.2, 0.25) is 5.75 Å². The van der Waals surface area contributed by atoms with Crippen LogP contribution >= 0.6 is 0 Å².